The van der Waals surface area contributed by atoms with E-state index in [9.17, 15) is 0 Å². The van der Waals surface area contributed by atoms with Crippen molar-refractivity contribution in [2.75, 3.05) is 13.2 Å². The van der Waals surface area contributed by atoms with Crippen molar-refractivity contribution in [3.8, 4) is 0 Å². The van der Waals surface area contributed by atoms with Crippen LogP contribution < -0.4 is 0 Å². The molecule has 104 valence electrons. The van der Waals surface area contributed by atoms with E-state index in [1.165, 1.54) is 16.0 Å². The van der Waals surface area contributed by atoms with Gasteiger partial charge in [0.05, 0.1) is 18.5 Å². The lowest BCUT2D eigenvalue weighted by Gasteiger charge is -2.22. The van der Waals surface area contributed by atoms with Crippen LogP contribution >= 0.6 is 11.8 Å². The molecule has 2 aromatic carbocycles. The van der Waals surface area contributed by atoms with Crippen LogP contribution in [-0.4, -0.2) is 19.5 Å². The molecular weight excluding hydrogens is 268 g/mol. The summed E-state index contributed by atoms with van der Waals surface area (Å²) in [6.07, 6.45) is -0.163. The van der Waals surface area contributed by atoms with Crippen molar-refractivity contribution in [1.82, 2.24) is 0 Å². The molecule has 0 radical (unpaired) electrons. The molecule has 1 unspecified atom stereocenters. The van der Waals surface area contributed by atoms with Gasteiger partial charge in [0.2, 0.25) is 0 Å². The minimum absolute atomic E-state index is 0.163. The maximum Gasteiger partial charge on any atom is 0.173 e. The Morgan fingerprint density at radius 1 is 0.950 bits per heavy atom. The Balaban J connectivity index is 1.83. The molecule has 1 saturated heterocycles. The zero-order chi connectivity index (χ0) is 13.8. The third-order valence-corrected chi connectivity index (χ3v) is 4.60. The second kappa shape index (κ2) is 6.44. The second-order valence-corrected chi connectivity index (χ2v) is 6.09. The SMILES string of the molecule is Cc1ccc(SC(c2ccccc2)C2OCCO2)cc1. The number of hydrogen-bond donors (Lipinski definition) is 0. The molecule has 1 heterocycles. The van der Waals surface area contributed by atoms with E-state index in [4.69, 9.17) is 9.47 Å². The van der Waals surface area contributed by atoms with Gasteiger partial charge >= 0.3 is 0 Å². The third kappa shape index (κ3) is 3.23. The first-order valence-electron chi connectivity index (χ1n) is 6.84. The van der Waals surface area contributed by atoms with Gasteiger partial charge in [-0.3, -0.25) is 0 Å². The standard InChI is InChI=1S/C17H18O2S/c1-13-7-9-15(10-8-13)20-16(17-18-11-12-19-17)14-5-3-2-4-6-14/h2-10,16-17H,11-12H2,1H3. The van der Waals surface area contributed by atoms with Crippen LogP contribution in [0, 0.1) is 6.92 Å². The summed E-state index contributed by atoms with van der Waals surface area (Å²) >= 11 is 1.80. The molecule has 0 N–H and O–H groups in total. The fourth-order valence-electron chi connectivity index (χ4n) is 2.24. The van der Waals surface area contributed by atoms with E-state index in [1.807, 2.05) is 6.07 Å². The molecule has 0 spiro atoms. The number of hydrogen-bond acceptors (Lipinski definition) is 3. The predicted octanol–water partition coefficient (Wildman–Crippen LogP) is 4.20. The van der Waals surface area contributed by atoms with Gasteiger partial charge < -0.3 is 9.47 Å². The molecular formula is C17H18O2S. The first-order valence-corrected chi connectivity index (χ1v) is 7.72. The molecule has 3 rings (SSSR count). The molecule has 2 nitrogen and oxygen atoms in total. The Labute approximate surface area is 124 Å². The quantitative estimate of drug-likeness (QED) is 0.785. The molecule has 0 aromatic heterocycles. The number of ether oxygens (including phenoxy) is 2. The lowest BCUT2D eigenvalue weighted by Crippen LogP contribution is -2.16. The van der Waals surface area contributed by atoms with Crippen molar-refractivity contribution in [3.63, 3.8) is 0 Å². The van der Waals surface area contributed by atoms with E-state index in [0.29, 0.717) is 13.2 Å². The van der Waals surface area contributed by atoms with Gasteiger partial charge in [0.15, 0.2) is 6.29 Å². The van der Waals surface area contributed by atoms with Gasteiger partial charge in [-0.1, -0.05) is 48.0 Å². The number of benzene rings is 2. The van der Waals surface area contributed by atoms with Crippen molar-refractivity contribution in [2.24, 2.45) is 0 Å². The highest BCUT2D eigenvalue weighted by atomic mass is 32.2. The normalized spacial score (nSPS) is 17.2. The van der Waals surface area contributed by atoms with Gasteiger partial charge in [-0.15, -0.1) is 11.8 Å². The Kier molecular flexibility index (Phi) is 4.41. The fourth-order valence-corrected chi connectivity index (χ4v) is 3.39. The van der Waals surface area contributed by atoms with Crippen molar-refractivity contribution < 1.29 is 9.47 Å². The number of aryl methyl sites for hydroxylation is 1. The van der Waals surface area contributed by atoms with Crippen LogP contribution in [0.1, 0.15) is 16.4 Å². The maximum absolute atomic E-state index is 5.72. The second-order valence-electron chi connectivity index (χ2n) is 4.87. The summed E-state index contributed by atoms with van der Waals surface area (Å²) in [5.41, 5.74) is 2.52. The van der Waals surface area contributed by atoms with E-state index in [1.54, 1.807) is 11.8 Å². The molecule has 20 heavy (non-hydrogen) atoms. The Morgan fingerprint density at radius 3 is 2.25 bits per heavy atom. The Hall–Kier alpha value is -1.29. The van der Waals surface area contributed by atoms with Crippen molar-refractivity contribution in [3.05, 3.63) is 65.7 Å². The summed E-state index contributed by atoms with van der Waals surface area (Å²) in [6, 6.07) is 19.0. The van der Waals surface area contributed by atoms with Crippen LogP contribution in [0.5, 0.6) is 0 Å². The molecule has 1 fully saturated rings. The maximum atomic E-state index is 5.72. The highest BCUT2D eigenvalue weighted by molar-refractivity contribution is 7.99. The number of rotatable bonds is 4. The first kappa shape index (κ1) is 13.7. The Morgan fingerprint density at radius 2 is 1.60 bits per heavy atom. The topological polar surface area (TPSA) is 18.5 Å². The van der Waals surface area contributed by atoms with Crippen LogP contribution in [0.25, 0.3) is 0 Å². The number of thioether (sulfide) groups is 1. The van der Waals surface area contributed by atoms with E-state index in [2.05, 4.69) is 55.5 Å². The van der Waals surface area contributed by atoms with Gasteiger partial charge in [0.1, 0.15) is 0 Å². The van der Waals surface area contributed by atoms with Crippen LogP contribution in [0.2, 0.25) is 0 Å². The minimum atomic E-state index is -0.163. The monoisotopic (exact) mass is 286 g/mol. The summed E-state index contributed by atoms with van der Waals surface area (Å²) in [6.45, 7) is 3.47. The third-order valence-electron chi connectivity index (χ3n) is 3.31. The van der Waals surface area contributed by atoms with Gasteiger partial charge in [0, 0.05) is 4.90 Å². The molecule has 3 heteroatoms. The predicted molar refractivity (Wildman–Crippen MR) is 81.9 cm³/mol. The van der Waals surface area contributed by atoms with E-state index < -0.39 is 0 Å². The summed E-state index contributed by atoms with van der Waals surface area (Å²) in [5.74, 6) is 0. The highest BCUT2D eigenvalue weighted by Gasteiger charge is 2.29. The van der Waals surface area contributed by atoms with Crippen molar-refractivity contribution in [2.45, 2.75) is 23.4 Å². The zero-order valence-corrected chi connectivity index (χ0v) is 12.3. The lowest BCUT2D eigenvalue weighted by atomic mass is 10.1. The summed E-state index contributed by atoms with van der Waals surface area (Å²) in [4.78, 5) is 1.24. The average Bonchev–Trinajstić information content (AvgIpc) is 3.01. The van der Waals surface area contributed by atoms with E-state index >= 15 is 0 Å². The van der Waals surface area contributed by atoms with Gasteiger partial charge in [0.25, 0.3) is 0 Å². The zero-order valence-electron chi connectivity index (χ0n) is 11.5. The largest absolute Gasteiger partial charge is 0.349 e. The van der Waals surface area contributed by atoms with Crippen molar-refractivity contribution in [1.29, 1.82) is 0 Å². The molecule has 1 atom stereocenters. The average molecular weight is 286 g/mol. The van der Waals surface area contributed by atoms with Crippen LogP contribution in [-0.2, 0) is 9.47 Å². The molecule has 0 bridgehead atoms. The van der Waals surface area contributed by atoms with Gasteiger partial charge in [-0.05, 0) is 24.6 Å². The molecule has 0 aliphatic carbocycles. The highest BCUT2D eigenvalue weighted by Crippen LogP contribution is 2.40. The summed E-state index contributed by atoms with van der Waals surface area (Å²) in [5, 5.41) is 0.168. The Bertz CT molecular complexity index is 533. The minimum Gasteiger partial charge on any atom is -0.349 e. The van der Waals surface area contributed by atoms with Gasteiger partial charge in [-0.25, -0.2) is 0 Å². The van der Waals surface area contributed by atoms with Gasteiger partial charge in [-0.2, -0.15) is 0 Å². The van der Waals surface area contributed by atoms with E-state index in [-0.39, 0.29) is 11.5 Å². The molecule has 0 saturated carbocycles. The lowest BCUT2D eigenvalue weighted by molar-refractivity contribution is -0.0422. The molecule has 2 aromatic rings. The smallest absolute Gasteiger partial charge is 0.173 e. The van der Waals surface area contributed by atoms with Crippen LogP contribution in [0.15, 0.2) is 59.5 Å². The van der Waals surface area contributed by atoms with Crippen molar-refractivity contribution >= 4 is 11.8 Å². The molecule has 1 aliphatic heterocycles. The molecule has 0 amide bonds. The van der Waals surface area contributed by atoms with Crippen LogP contribution in [0.3, 0.4) is 0 Å². The summed E-state index contributed by atoms with van der Waals surface area (Å²) in [7, 11) is 0. The summed E-state index contributed by atoms with van der Waals surface area (Å²) < 4.78 is 11.4. The first-order chi connectivity index (χ1) is 9.83. The van der Waals surface area contributed by atoms with E-state index in [0.717, 1.165) is 0 Å². The molecule has 1 aliphatic rings. The fraction of sp³-hybridized carbons (Fsp3) is 0.294. The van der Waals surface area contributed by atoms with Crippen LogP contribution in [0.4, 0.5) is 0 Å².